The molecule has 0 bridgehead atoms. The number of fused-ring (bicyclic) bond motifs is 1. The molecular weight excluding hydrogens is 486 g/mol. The van der Waals surface area contributed by atoms with E-state index in [2.05, 4.69) is 15.6 Å². The van der Waals surface area contributed by atoms with Gasteiger partial charge in [0.15, 0.2) is 0 Å². The largest absolute Gasteiger partial charge is 0.489 e. The number of ether oxygens (including phenoxy) is 1. The second kappa shape index (κ2) is 11.8. The Hall–Kier alpha value is -3.46. The van der Waals surface area contributed by atoms with Crippen molar-refractivity contribution in [3.8, 4) is 5.75 Å². The molecule has 2 aromatic carbocycles. The van der Waals surface area contributed by atoms with E-state index in [4.69, 9.17) is 21.4 Å². The Kier molecular flexibility index (Phi) is 8.81. The van der Waals surface area contributed by atoms with Gasteiger partial charge in [0, 0.05) is 52.2 Å². The fraction of sp³-hybridized carbons (Fsp3) is 0.192. The molecule has 4 aromatic rings. The number of rotatable bonds is 8. The van der Waals surface area contributed by atoms with Crippen LogP contribution in [0.2, 0.25) is 5.02 Å². The van der Waals surface area contributed by atoms with E-state index in [1.807, 2.05) is 24.4 Å². The summed E-state index contributed by atoms with van der Waals surface area (Å²) in [5.74, 6) is 0.0905. The van der Waals surface area contributed by atoms with E-state index < -0.39 is 0 Å². The van der Waals surface area contributed by atoms with Gasteiger partial charge in [-0.3, -0.25) is 14.6 Å². The molecule has 3 N–H and O–H groups in total. The molecule has 2 aromatic heterocycles. The van der Waals surface area contributed by atoms with Crippen molar-refractivity contribution in [1.82, 2.24) is 10.3 Å². The molecule has 0 aliphatic rings. The summed E-state index contributed by atoms with van der Waals surface area (Å²) in [4.78, 5) is 29.1. The standard InChI is InChI=1S/C25H22ClN3O4S.CH4/c1-15-5-6-19(29-24(31)16-3-2-4-18(26)9-16)10-22(15)33-13-17-14-34-23-20(17)11-27-12-21(23)25(32)28-7-8-30;/h2-6,9-12,14,30H,7-8,13H2,1H3,(H,28,32)(H,29,31);1H4. The number of hydrogen-bond acceptors (Lipinski definition) is 6. The van der Waals surface area contributed by atoms with Crippen molar-refractivity contribution in [1.29, 1.82) is 0 Å². The Balaban J connectivity index is 0.00000342. The second-order valence-electron chi connectivity index (χ2n) is 7.54. The van der Waals surface area contributed by atoms with Gasteiger partial charge in [-0.15, -0.1) is 11.3 Å². The molecule has 2 amide bonds. The van der Waals surface area contributed by atoms with Gasteiger partial charge in [-0.25, -0.2) is 0 Å². The molecule has 7 nitrogen and oxygen atoms in total. The summed E-state index contributed by atoms with van der Waals surface area (Å²) in [6.07, 6.45) is 3.23. The first-order valence-corrected chi connectivity index (χ1v) is 11.8. The van der Waals surface area contributed by atoms with Crippen LogP contribution in [0.25, 0.3) is 10.1 Å². The third-order valence-corrected chi connectivity index (χ3v) is 6.43. The van der Waals surface area contributed by atoms with Crippen LogP contribution in [0.3, 0.4) is 0 Å². The number of thiophene rings is 1. The second-order valence-corrected chi connectivity index (χ2v) is 8.85. The van der Waals surface area contributed by atoms with Crippen LogP contribution in [0.1, 0.15) is 39.3 Å². The van der Waals surface area contributed by atoms with Crippen molar-refractivity contribution in [2.45, 2.75) is 21.0 Å². The molecule has 0 atom stereocenters. The zero-order valence-corrected chi connectivity index (χ0v) is 19.9. The summed E-state index contributed by atoms with van der Waals surface area (Å²) in [5.41, 5.74) is 3.35. The van der Waals surface area contributed by atoms with E-state index in [0.29, 0.717) is 27.6 Å². The minimum Gasteiger partial charge on any atom is -0.489 e. The summed E-state index contributed by atoms with van der Waals surface area (Å²) >= 11 is 7.42. The molecule has 0 aliphatic heterocycles. The van der Waals surface area contributed by atoms with Gasteiger partial charge >= 0.3 is 0 Å². The van der Waals surface area contributed by atoms with Crippen LogP contribution in [0.15, 0.2) is 60.2 Å². The lowest BCUT2D eigenvalue weighted by atomic mass is 10.1. The zero-order chi connectivity index (χ0) is 24.1. The van der Waals surface area contributed by atoms with Crippen LogP contribution in [-0.2, 0) is 6.61 Å². The monoisotopic (exact) mass is 511 g/mol. The normalized spacial score (nSPS) is 10.5. The fourth-order valence-corrected chi connectivity index (χ4v) is 4.59. The Bertz CT molecular complexity index is 1360. The van der Waals surface area contributed by atoms with E-state index in [9.17, 15) is 9.59 Å². The molecule has 2 heterocycles. The van der Waals surface area contributed by atoms with E-state index in [0.717, 1.165) is 21.2 Å². The van der Waals surface area contributed by atoms with Crippen molar-refractivity contribution in [2.75, 3.05) is 18.5 Å². The number of pyridine rings is 1. The maximum Gasteiger partial charge on any atom is 0.255 e. The van der Waals surface area contributed by atoms with Crippen LogP contribution >= 0.6 is 22.9 Å². The minimum atomic E-state index is -0.277. The van der Waals surface area contributed by atoms with Crippen LogP contribution in [0.4, 0.5) is 5.69 Å². The van der Waals surface area contributed by atoms with Gasteiger partial charge in [-0.05, 0) is 42.1 Å². The number of aryl methyl sites for hydroxylation is 1. The fourth-order valence-electron chi connectivity index (χ4n) is 3.36. The van der Waals surface area contributed by atoms with Gasteiger partial charge in [0.25, 0.3) is 11.8 Å². The van der Waals surface area contributed by atoms with Crippen LogP contribution < -0.4 is 15.4 Å². The van der Waals surface area contributed by atoms with Crippen molar-refractivity contribution in [3.63, 3.8) is 0 Å². The highest BCUT2D eigenvalue weighted by atomic mass is 35.5. The maximum absolute atomic E-state index is 12.5. The summed E-state index contributed by atoms with van der Waals surface area (Å²) in [5, 5.41) is 17.7. The average Bonchev–Trinajstić information content (AvgIpc) is 3.26. The summed E-state index contributed by atoms with van der Waals surface area (Å²) in [6.45, 7) is 2.25. The molecule has 182 valence electrons. The number of aliphatic hydroxyl groups excluding tert-OH is 1. The number of carbonyl (C=O) groups is 2. The number of amides is 2. The Morgan fingerprint density at radius 1 is 1.14 bits per heavy atom. The van der Waals surface area contributed by atoms with Crippen molar-refractivity contribution >= 4 is 50.5 Å². The predicted octanol–water partition coefficient (Wildman–Crippen LogP) is 5.45. The number of nitrogens with zero attached hydrogens (tertiary/aromatic N) is 1. The number of carbonyl (C=O) groups excluding carboxylic acids is 2. The summed E-state index contributed by atoms with van der Waals surface area (Å²) < 4.78 is 6.88. The molecule has 0 fully saturated rings. The van der Waals surface area contributed by atoms with Gasteiger partial charge in [0.05, 0.1) is 16.9 Å². The smallest absolute Gasteiger partial charge is 0.255 e. The van der Waals surface area contributed by atoms with E-state index in [1.165, 1.54) is 17.5 Å². The SMILES string of the molecule is C.Cc1ccc(NC(=O)c2cccc(Cl)c2)cc1OCc1csc2c(C(=O)NCCO)cncc12. The van der Waals surface area contributed by atoms with E-state index in [-0.39, 0.29) is 39.0 Å². The molecule has 35 heavy (non-hydrogen) atoms. The third kappa shape index (κ3) is 6.16. The Labute approximate surface area is 212 Å². The average molecular weight is 512 g/mol. The topological polar surface area (TPSA) is 101 Å². The lowest BCUT2D eigenvalue weighted by molar-refractivity contribution is 0.0945. The molecule has 0 radical (unpaired) electrons. The maximum atomic E-state index is 12.5. The van der Waals surface area contributed by atoms with Crippen LogP contribution in [0, 0.1) is 6.92 Å². The highest BCUT2D eigenvalue weighted by molar-refractivity contribution is 7.17. The van der Waals surface area contributed by atoms with E-state index >= 15 is 0 Å². The molecule has 0 saturated heterocycles. The number of nitrogens with one attached hydrogen (secondary N) is 2. The lowest BCUT2D eigenvalue weighted by Crippen LogP contribution is -2.26. The molecule has 9 heteroatoms. The minimum absolute atomic E-state index is 0. The number of hydrogen-bond donors (Lipinski definition) is 3. The molecule has 4 rings (SSSR count). The molecule has 0 unspecified atom stereocenters. The molecule has 0 spiro atoms. The van der Waals surface area contributed by atoms with Gasteiger partial charge < -0.3 is 20.5 Å². The number of halogens is 1. The highest BCUT2D eigenvalue weighted by Crippen LogP contribution is 2.30. The van der Waals surface area contributed by atoms with Crippen molar-refractivity contribution < 1.29 is 19.4 Å². The van der Waals surface area contributed by atoms with Crippen LogP contribution in [-0.4, -0.2) is 35.1 Å². The van der Waals surface area contributed by atoms with Crippen LogP contribution in [0.5, 0.6) is 5.75 Å². The Morgan fingerprint density at radius 3 is 2.74 bits per heavy atom. The van der Waals surface area contributed by atoms with Gasteiger partial charge in [-0.2, -0.15) is 0 Å². The van der Waals surface area contributed by atoms with Gasteiger partial charge in [-0.1, -0.05) is 31.2 Å². The first kappa shape index (κ1) is 26.2. The predicted molar refractivity (Wildman–Crippen MR) is 141 cm³/mol. The quantitative estimate of drug-likeness (QED) is 0.292. The molecule has 0 aliphatic carbocycles. The Morgan fingerprint density at radius 2 is 1.97 bits per heavy atom. The number of aliphatic hydroxyl groups is 1. The summed E-state index contributed by atoms with van der Waals surface area (Å²) in [6, 6.07) is 12.2. The molecular formula is C26H26ClN3O4S. The number of benzene rings is 2. The van der Waals surface area contributed by atoms with Crippen molar-refractivity contribution in [2.24, 2.45) is 0 Å². The highest BCUT2D eigenvalue weighted by Gasteiger charge is 2.15. The molecule has 0 saturated carbocycles. The van der Waals surface area contributed by atoms with Crippen molar-refractivity contribution in [3.05, 3.63) is 87.5 Å². The van der Waals surface area contributed by atoms with Gasteiger partial charge in [0.1, 0.15) is 12.4 Å². The first-order valence-electron chi connectivity index (χ1n) is 10.5. The third-order valence-electron chi connectivity index (χ3n) is 5.12. The lowest BCUT2D eigenvalue weighted by Gasteiger charge is -2.12. The number of anilines is 1. The number of aromatic nitrogens is 1. The zero-order valence-electron chi connectivity index (χ0n) is 18.3. The first-order chi connectivity index (χ1) is 16.5. The van der Waals surface area contributed by atoms with E-state index in [1.54, 1.807) is 36.5 Å². The summed E-state index contributed by atoms with van der Waals surface area (Å²) in [7, 11) is 0. The van der Waals surface area contributed by atoms with Gasteiger partial charge in [0.2, 0.25) is 0 Å².